The number of anilines is 1. The fraction of sp³-hybridized carbons (Fsp3) is 0.148. The van der Waals surface area contributed by atoms with Crippen molar-refractivity contribution in [3.05, 3.63) is 82.6 Å². The van der Waals surface area contributed by atoms with Crippen molar-refractivity contribution in [2.45, 2.75) is 12.1 Å². The van der Waals surface area contributed by atoms with Crippen molar-refractivity contribution >= 4 is 45.3 Å². The third kappa shape index (κ3) is 4.07. The van der Waals surface area contributed by atoms with Gasteiger partial charge in [0.25, 0.3) is 5.56 Å². The van der Waals surface area contributed by atoms with Crippen molar-refractivity contribution in [3.63, 3.8) is 0 Å². The lowest BCUT2D eigenvalue weighted by Crippen LogP contribution is -2.23. The summed E-state index contributed by atoms with van der Waals surface area (Å²) < 4.78 is 12.7. The average Bonchev–Trinajstić information content (AvgIpc) is 3.27. The molecular weight excluding hydrogens is 476 g/mol. The van der Waals surface area contributed by atoms with Crippen LogP contribution in [0.5, 0.6) is 11.5 Å². The lowest BCUT2D eigenvalue weighted by Gasteiger charge is -2.19. The van der Waals surface area contributed by atoms with Gasteiger partial charge in [0, 0.05) is 22.7 Å². The number of thioether (sulfide) groups is 1. The van der Waals surface area contributed by atoms with Gasteiger partial charge in [-0.15, -0.1) is 0 Å². The maximum atomic E-state index is 13.6. The van der Waals surface area contributed by atoms with E-state index in [1.807, 2.05) is 55.5 Å². The second kappa shape index (κ2) is 9.09. The molecule has 0 saturated heterocycles. The predicted octanol–water partition coefficient (Wildman–Crippen LogP) is 4.68. The first-order valence-electron chi connectivity index (χ1n) is 11.5. The predicted molar refractivity (Wildman–Crippen MR) is 141 cm³/mol. The second-order valence-electron chi connectivity index (χ2n) is 8.46. The SMILES string of the molecule is Cc1ccc(-n2c(SCC(=O)Nc3ccc4c(c3)OCCO4)nc3c([nH]c4ccccc43)c2=O)cc1. The van der Waals surface area contributed by atoms with Gasteiger partial charge >= 0.3 is 0 Å². The van der Waals surface area contributed by atoms with Crippen molar-refractivity contribution < 1.29 is 14.3 Å². The molecule has 1 aliphatic heterocycles. The molecule has 2 N–H and O–H groups in total. The minimum absolute atomic E-state index is 0.0700. The first-order valence-corrected chi connectivity index (χ1v) is 12.5. The largest absolute Gasteiger partial charge is 0.486 e. The van der Waals surface area contributed by atoms with Crippen LogP contribution in [0.25, 0.3) is 27.6 Å². The zero-order valence-corrected chi connectivity index (χ0v) is 20.2. The summed E-state index contributed by atoms with van der Waals surface area (Å²) >= 11 is 1.21. The maximum Gasteiger partial charge on any atom is 0.283 e. The quantitative estimate of drug-likeness (QED) is 0.270. The summed E-state index contributed by atoms with van der Waals surface area (Å²) in [4.78, 5) is 34.5. The van der Waals surface area contributed by atoms with Gasteiger partial charge in [-0.3, -0.25) is 14.2 Å². The summed E-state index contributed by atoms with van der Waals surface area (Å²) in [6.07, 6.45) is 0. The number of benzene rings is 3. The fourth-order valence-electron chi connectivity index (χ4n) is 4.21. The Labute approximate surface area is 210 Å². The first kappa shape index (κ1) is 22.2. The molecule has 5 aromatic rings. The third-order valence-corrected chi connectivity index (χ3v) is 6.88. The van der Waals surface area contributed by atoms with Crippen LogP contribution in [0.1, 0.15) is 5.56 Å². The molecule has 0 bridgehead atoms. The molecule has 180 valence electrons. The highest BCUT2D eigenvalue weighted by atomic mass is 32.2. The number of ether oxygens (including phenoxy) is 2. The Morgan fingerprint density at radius 1 is 1.06 bits per heavy atom. The highest BCUT2D eigenvalue weighted by molar-refractivity contribution is 7.99. The summed E-state index contributed by atoms with van der Waals surface area (Å²) in [6.45, 7) is 2.97. The van der Waals surface area contributed by atoms with E-state index in [-0.39, 0.29) is 17.2 Å². The molecule has 3 aromatic carbocycles. The summed E-state index contributed by atoms with van der Waals surface area (Å²) in [6, 6.07) is 20.6. The number of rotatable bonds is 5. The van der Waals surface area contributed by atoms with Gasteiger partial charge in [-0.05, 0) is 37.3 Å². The molecule has 6 rings (SSSR count). The second-order valence-corrected chi connectivity index (χ2v) is 9.40. The Bertz CT molecular complexity index is 1670. The molecule has 0 radical (unpaired) electrons. The molecule has 0 saturated carbocycles. The van der Waals surface area contributed by atoms with Gasteiger partial charge in [0.15, 0.2) is 16.7 Å². The van der Waals surface area contributed by atoms with Crippen molar-refractivity contribution in [1.29, 1.82) is 0 Å². The van der Waals surface area contributed by atoms with Crippen LogP contribution in [-0.4, -0.2) is 39.4 Å². The molecule has 1 aliphatic rings. The number of fused-ring (bicyclic) bond motifs is 4. The molecule has 0 unspecified atom stereocenters. The van der Waals surface area contributed by atoms with Crippen LogP contribution >= 0.6 is 11.8 Å². The Balaban J connectivity index is 1.34. The first-order chi connectivity index (χ1) is 17.6. The van der Waals surface area contributed by atoms with E-state index in [1.54, 1.807) is 22.8 Å². The number of H-pyrrole nitrogens is 1. The van der Waals surface area contributed by atoms with Crippen LogP contribution < -0.4 is 20.3 Å². The molecular formula is C27H22N4O4S. The number of aryl methyl sites for hydroxylation is 1. The normalized spacial score (nSPS) is 12.7. The van der Waals surface area contributed by atoms with Crippen molar-refractivity contribution in [2.75, 3.05) is 24.3 Å². The lowest BCUT2D eigenvalue weighted by molar-refractivity contribution is -0.113. The number of hydrogen-bond donors (Lipinski definition) is 2. The number of aromatic nitrogens is 3. The molecule has 0 atom stereocenters. The van der Waals surface area contributed by atoms with E-state index in [2.05, 4.69) is 10.3 Å². The molecule has 9 heteroatoms. The van der Waals surface area contributed by atoms with Gasteiger partial charge in [-0.25, -0.2) is 4.98 Å². The number of carbonyl (C=O) groups excluding carboxylic acids is 1. The maximum absolute atomic E-state index is 13.6. The van der Waals surface area contributed by atoms with Crippen LogP contribution in [0, 0.1) is 6.92 Å². The van der Waals surface area contributed by atoms with E-state index in [0.29, 0.717) is 52.3 Å². The van der Waals surface area contributed by atoms with E-state index in [9.17, 15) is 9.59 Å². The molecule has 1 amide bonds. The highest BCUT2D eigenvalue weighted by Crippen LogP contribution is 2.33. The van der Waals surface area contributed by atoms with Gasteiger partial charge in [0.05, 0.1) is 11.4 Å². The fourth-order valence-corrected chi connectivity index (χ4v) is 5.01. The van der Waals surface area contributed by atoms with Gasteiger partial charge in [-0.1, -0.05) is 47.7 Å². The van der Waals surface area contributed by atoms with Gasteiger partial charge in [0.2, 0.25) is 5.91 Å². The summed E-state index contributed by atoms with van der Waals surface area (Å²) in [5, 5.41) is 4.20. The Morgan fingerprint density at radius 2 is 1.83 bits per heavy atom. The van der Waals surface area contributed by atoms with Crippen molar-refractivity contribution in [3.8, 4) is 17.2 Å². The topological polar surface area (TPSA) is 98.2 Å². The molecule has 3 heterocycles. The standard InChI is InChI=1S/C27H22N4O4S/c1-16-6-9-18(10-7-16)31-26(33)25-24(19-4-2-3-5-20(19)29-25)30-27(31)36-15-23(32)28-17-8-11-21-22(14-17)35-13-12-34-21/h2-11,14,29H,12-13,15H2,1H3,(H,28,32). The smallest absolute Gasteiger partial charge is 0.283 e. The number of hydrogen-bond acceptors (Lipinski definition) is 6. The molecule has 2 aromatic heterocycles. The third-order valence-electron chi connectivity index (χ3n) is 5.94. The van der Waals surface area contributed by atoms with Crippen LogP contribution in [0.15, 0.2) is 76.7 Å². The molecule has 0 spiro atoms. The van der Waals surface area contributed by atoms with Gasteiger partial charge in [-0.2, -0.15) is 0 Å². The number of para-hydroxylation sites is 1. The van der Waals surface area contributed by atoms with Crippen LogP contribution in [0.4, 0.5) is 5.69 Å². The molecule has 36 heavy (non-hydrogen) atoms. The van der Waals surface area contributed by atoms with Crippen LogP contribution in [-0.2, 0) is 4.79 Å². The number of nitrogens with zero attached hydrogens (tertiary/aromatic N) is 2. The number of carbonyl (C=O) groups is 1. The summed E-state index contributed by atoms with van der Waals surface area (Å²) in [7, 11) is 0. The number of amides is 1. The minimum Gasteiger partial charge on any atom is -0.486 e. The summed E-state index contributed by atoms with van der Waals surface area (Å²) in [5.41, 5.74) is 4.03. The Hall–Kier alpha value is -4.24. The minimum atomic E-state index is -0.222. The zero-order chi connectivity index (χ0) is 24.6. The van der Waals surface area contributed by atoms with Crippen LogP contribution in [0.3, 0.4) is 0 Å². The lowest BCUT2D eigenvalue weighted by atomic mass is 10.2. The van der Waals surface area contributed by atoms with Gasteiger partial charge < -0.3 is 19.8 Å². The summed E-state index contributed by atoms with van der Waals surface area (Å²) in [5.74, 6) is 1.11. The van der Waals surface area contributed by atoms with Crippen molar-refractivity contribution in [1.82, 2.24) is 14.5 Å². The van der Waals surface area contributed by atoms with E-state index in [1.165, 1.54) is 11.8 Å². The molecule has 8 nitrogen and oxygen atoms in total. The average molecular weight is 499 g/mol. The van der Waals surface area contributed by atoms with Gasteiger partial charge in [0.1, 0.15) is 24.2 Å². The number of aromatic amines is 1. The molecule has 0 aliphatic carbocycles. The van der Waals surface area contributed by atoms with Crippen LogP contribution in [0.2, 0.25) is 0 Å². The zero-order valence-electron chi connectivity index (χ0n) is 19.4. The van der Waals surface area contributed by atoms with E-state index >= 15 is 0 Å². The van der Waals surface area contributed by atoms with Crippen molar-refractivity contribution in [2.24, 2.45) is 0 Å². The van der Waals surface area contributed by atoms with E-state index in [0.717, 1.165) is 16.5 Å². The van der Waals surface area contributed by atoms with E-state index < -0.39 is 0 Å². The molecule has 0 fully saturated rings. The van der Waals surface area contributed by atoms with E-state index in [4.69, 9.17) is 14.5 Å². The highest BCUT2D eigenvalue weighted by Gasteiger charge is 2.19. The Morgan fingerprint density at radius 3 is 2.67 bits per heavy atom. The Kier molecular flexibility index (Phi) is 5.61. The number of nitrogens with one attached hydrogen (secondary N) is 2. The monoisotopic (exact) mass is 498 g/mol.